The van der Waals surface area contributed by atoms with E-state index in [1.807, 2.05) is 17.2 Å². The van der Waals surface area contributed by atoms with Gasteiger partial charge in [0.2, 0.25) is 10.0 Å². The van der Waals surface area contributed by atoms with E-state index in [0.717, 1.165) is 62.2 Å². The Bertz CT molecular complexity index is 1010. The molecule has 0 atom stereocenters. The monoisotopic (exact) mass is 414 g/mol. The number of nitrogens with zero attached hydrogens (tertiary/aromatic N) is 4. The quantitative estimate of drug-likeness (QED) is 0.690. The van der Waals surface area contributed by atoms with Crippen molar-refractivity contribution in [2.24, 2.45) is 5.41 Å². The lowest BCUT2D eigenvalue weighted by atomic mass is 9.54. The van der Waals surface area contributed by atoms with Crippen molar-refractivity contribution < 1.29 is 13.2 Å². The first kappa shape index (κ1) is 18.9. The molecule has 7 nitrogen and oxygen atoms in total. The first-order valence-electron chi connectivity index (χ1n) is 10.3. The van der Waals surface area contributed by atoms with E-state index in [-0.39, 0.29) is 5.60 Å². The molecule has 0 N–H and O–H groups in total. The van der Waals surface area contributed by atoms with Gasteiger partial charge in [0, 0.05) is 38.2 Å². The van der Waals surface area contributed by atoms with Crippen LogP contribution in [0, 0.1) is 16.9 Å². The average molecular weight is 415 g/mol. The number of piperidine rings is 1. The van der Waals surface area contributed by atoms with Gasteiger partial charge < -0.3 is 9.64 Å². The zero-order valence-corrected chi connectivity index (χ0v) is 17.5. The van der Waals surface area contributed by atoms with E-state index in [0.29, 0.717) is 24.9 Å². The van der Waals surface area contributed by atoms with Gasteiger partial charge in [-0.15, -0.1) is 0 Å². The molecule has 0 bridgehead atoms. The number of hydrogen-bond acceptors (Lipinski definition) is 6. The van der Waals surface area contributed by atoms with Gasteiger partial charge in [-0.1, -0.05) is 6.08 Å². The summed E-state index contributed by atoms with van der Waals surface area (Å²) < 4.78 is 31.3. The third kappa shape index (κ3) is 3.30. The smallest absolute Gasteiger partial charge is 0.211 e. The summed E-state index contributed by atoms with van der Waals surface area (Å²) in [5, 5.41) is 9.07. The highest BCUT2D eigenvalue weighted by Gasteiger charge is 2.59. The number of ether oxygens (including phenoxy) is 1. The van der Waals surface area contributed by atoms with Crippen LogP contribution >= 0.6 is 0 Å². The predicted octanol–water partition coefficient (Wildman–Crippen LogP) is 2.16. The third-order valence-corrected chi connectivity index (χ3v) is 8.39. The number of aromatic nitrogens is 1. The van der Waals surface area contributed by atoms with Crippen LogP contribution in [0.15, 0.2) is 18.3 Å². The molecule has 2 fully saturated rings. The van der Waals surface area contributed by atoms with Gasteiger partial charge in [-0.2, -0.15) is 9.57 Å². The lowest BCUT2D eigenvalue weighted by molar-refractivity contribution is -0.116. The Balaban J connectivity index is 1.27. The summed E-state index contributed by atoms with van der Waals surface area (Å²) in [7, 11) is -3.14. The van der Waals surface area contributed by atoms with Crippen LogP contribution in [0.1, 0.15) is 43.4 Å². The number of nitriles is 1. The highest BCUT2D eigenvalue weighted by molar-refractivity contribution is 7.88. The largest absolute Gasteiger partial charge is 0.485 e. The molecule has 1 aromatic heterocycles. The van der Waals surface area contributed by atoms with Crippen LogP contribution in [0.2, 0.25) is 0 Å². The Morgan fingerprint density at radius 1 is 1.24 bits per heavy atom. The molecular formula is C21H26N4O3S. The molecule has 1 aliphatic carbocycles. The Kier molecular flexibility index (Phi) is 4.20. The van der Waals surface area contributed by atoms with Crippen molar-refractivity contribution in [3.05, 3.63) is 29.6 Å². The summed E-state index contributed by atoms with van der Waals surface area (Å²) in [6, 6.07) is 2.13. The topological polar surface area (TPSA) is 86.5 Å². The molecule has 5 rings (SSSR count). The van der Waals surface area contributed by atoms with Gasteiger partial charge in [0.1, 0.15) is 11.4 Å². The van der Waals surface area contributed by atoms with E-state index < -0.39 is 10.0 Å². The fraction of sp³-hybridized carbons (Fsp3) is 0.619. The number of hydrogen-bond donors (Lipinski definition) is 0. The number of rotatable bonds is 2. The summed E-state index contributed by atoms with van der Waals surface area (Å²) in [6.45, 7) is 2.65. The third-order valence-electron chi connectivity index (χ3n) is 7.12. The maximum Gasteiger partial charge on any atom is 0.211 e. The molecule has 3 aliphatic heterocycles. The molecule has 1 saturated heterocycles. The van der Waals surface area contributed by atoms with Gasteiger partial charge in [0.25, 0.3) is 0 Å². The summed E-state index contributed by atoms with van der Waals surface area (Å²) in [5.41, 5.74) is 3.51. The maximum absolute atomic E-state index is 11.7. The Labute approximate surface area is 172 Å². The molecule has 0 amide bonds. The molecule has 154 valence electrons. The van der Waals surface area contributed by atoms with Crippen LogP contribution in [-0.4, -0.2) is 60.6 Å². The molecule has 0 unspecified atom stereocenters. The van der Waals surface area contributed by atoms with Gasteiger partial charge in [0.05, 0.1) is 18.1 Å². The standard InChI is InChI=1S/C21H26N4O3S/c1-29(26,27)25-6-2-16(3-7-25)18-10-17-11-21(28-19(17)12-23-18)13-20(14-21)4-8-24(15-22)9-5-20/h2,10,12H,3-9,11,13-14H2,1H3. The van der Waals surface area contributed by atoms with Crippen LogP contribution in [0.25, 0.3) is 5.57 Å². The molecule has 0 aromatic carbocycles. The van der Waals surface area contributed by atoms with Crippen molar-refractivity contribution >= 4 is 15.6 Å². The lowest BCUT2D eigenvalue weighted by Gasteiger charge is -2.56. The molecule has 1 saturated carbocycles. The van der Waals surface area contributed by atoms with Gasteiger partial charge in [-0.3, -0.25) is 4.98 Å². The van der Waals surface area contributed by atoms with Crippen LogP contribution in [0.5, 0.6) is 5.75 Å². The van der Waals surface area contributed by atoms with Crippen molar-refractivity contribution in [3.63, 3.8) is 0 Å². The highest BCUT2D eigenvalue weighted by atomic mass is 32.2. The molecular weight excluding hydrogens is 388 g/mol. The van der Waals surface area contributed by atoms with Crippen molar-refractivity contribution in [2.75, 3.05) is 32.4 Å². The SMILES string of the molecule is CS(=O)(=O)N1CC=C(c2cc3c(cn2)OC2(C3)CC3(CCN(C#N)CC3)C2)CC1. The van der Waals surface area contributed by atoms with Crippen molar-refractivity contribution in [1.82, 2.24) is 14.2 Å². The summed E-state index contributed by atoms with van der Waals surface area (Å²) in [5.74, 6) is 0.896. The van der Waals surface area contributed by atoms with Crippen LogP contribution < -0.4 is 4.74 Å². The van der Waals surface area contributed by atoms with Gasteiger partial charge >= 0.3 is 0 Å². The Morgan fingerprint density at radius 3 is 2.62 bits per heavy atom. The fourth-order valence-corrected chi connectivity index (χ4v) is 6.41. The second-order valence-electron chi connectivity index (χ2n) is 9.18. The normalized spacial score (nSPS) is 25.1. The van der Waals surface area contributed by atoms with Crippen LogP contribution in [0.4, 0.5) is 0 Å². The molecule has 0 radical (unpaired) electrons. The number of pyridine rings is 1. The summed E-state index contributed by atoms with van der Waals surface area (Å²) in [6.07, 6.45) is 13.2. The average Bonchev–Trinajstić information content (AvgIpc) is 3.05. The molecule has 1 aromatic rings. The van der Waals surface area contributed by atoms with Crippen molar-refractivity contribution in [3.8, 4) is 11.9 Å². The predicted molar refractivity (Wildman–Crippen MR) is 108 cm³/mol. The molecule has 4 heterocycles. The van der Waals surface area contributed by atoms with Crippen LogP contribution in [0.3, 0.4) is 0 Å². The molecule has 2 spiro atoms. The lowest BCUT2D eigenvalue weighted by Crippen LogP contribution is -2.58. The van der Waals surface area contributed by atoms with Gasteiger partial charge in [-0.25, -0.2) is 8.42 Å². The van der Waals surface area contributed by atoms with E-state index in [9.17, 15) is 8.42 Å². The number of likely N-dealkylation sites (tertiary alicyclic amines) is 1. The molecule has 8 heteroatoms. The van der Waals surface area contributed by atoms with Gasteiger partial charge in [0.15, 0.2) is 6.19 Å². The minimum atomic E-state index is -3.14. The minimum Gasteiger partial charge on any atom is -0.485 e. The second kappa shape index (κ2) is 6.44. The first-order chi connectivity index (χ1) is 13.8. The number of sulfonamides is 1. The van der Waals surface area contributed by atoms with Crippen molar-refractivity contribution in [1.29, 1.82) is 5.26 Å². The zero-order chi connectivity index (χ0) is 20.3. The van der Waals surface area contributed by atoms with E-state index in [2.05, 4.69) is 17.2 Å². The van der Waals surface area contributed by atoms with Crippen LogP contribution in [-0.2, 0) is 16.4 Å². The number of fused-ring (bicyclic) bond motifs is 1. The summed E-state index contributed by atoms with van der Waals surface area (Å²) >= 11 is 0. The zero-order valence-electron chi connectivity index (χ0n) is 16.7. The van der Waals surface area contributed by atoms with E-state index >= 15 is 0 Å². The highest BCUT2D eigenvalue weighted by Crippen LogP contribution is 2.60. The maximum atomic E-state index is 11.7. The van der Waals surface area contributed by atoms with E-state index in [1.54, 1.807) is 0 Å². The molecule has 29 heavy (non-hydrogen) atoms. The Morgan fingerprint density at radius 2 is 2.00 bits per heavy atom. The molecule has 4 aliphatic rings. The fourth-order valence-electron chi connectivity index (χ4n) is 5.64. The van der Waals surface area contributed by atoms with Gasteiger partial charge in [-0.05, 0) is 49.2 Å². The van der Waals surface area contributed by atoms with E-state index in [4.69, 9.17) is 10.00 Å². The minimum absolute atomic E-state index is 0.0918. The van der Waals surface area contributed by atoms with E-state index in [1.165, 1.54) is 16.1 Å². The van der Waals surface area contributed by atoms with Crippen molar-refractivity contribution in [2.45, 2.75) is 44.1 Å². The summed E-state index contributed by atoms with van der Waals surface area (Å²) in [4.78, 5) is 6.47. The Hall–Kier alpha value is -2.11. The first-order valence-corrected chi connectivity index (χ1v) is 12.1. The second-order valence-corrected chi connectivity index (χ2v) is 11.2.